The summed E-state index contributed by atoms with van der Waals surface area (Å²) in [7, 11) is 1.77. The molecule has 2 rings (SSSR count). The number of rotatable bonds is 8. The molecule has 7 heteroatoms. The highest BCUT2D eigenvalue weighted by molar-refractivity contribution is 5.52. The summed E-state index contributed by atoms with van der Waals surface area (Å²) < 4.78 is 7.60. The van der Waals surface area contributed by atoms with Gasteiger partial charge in [-0.25, -0.2) is 4.98 Å². The molecule has 0 amide bonds. The van der Waals surface area contributed by atoms with Gasteiger partial charge in [-0.1, -0.05) is 27.7 Å². The van der Waals surface area contributed by atoms with Crippen LogP contribution in [0.5, 0.6) is 11.8 Å². The Hall–Kier alpha value is -2.25. The van der Waals surface area contributed by atoms with E-state index in [0.717, 1.165) is 0 Å². The maximum atomic E-state index is 10.8. The van der Waals surface area contributed by atoms with E-state index in [0.29, 0.717) is 60.2 Å². The normalized spacial score (nSPS) is 12.4. The molecule has 0 aliphatic carbocycles. The topological polar surface area (TPSA) is 120 Å². The van der Waals surface area contributed by atoms with Gasteiger partial charge in [0.1, 0.15) is 11.4 Å². The lowest BCUT2D eigenvalue weighted by Gasteiger charge is -2.26. The first-order valence-electron chi connectivity index (χ1n) is 9.51. The molecular formula is C20H32N4O3. The molecule has 2 heterocycles. The molecule has 0 aromatic carbocycles. The van der Waals surface area contributed by atoms with Gasteiger partial charge in [0.15, 0.2) is 0 Å². The summed E-state index contributed by atoms with van der Waals surface area (Å²) in [4.78, 5) is 4.45. The second kappa shape index (κ2) is 7.78. The smallest absolute Gasteiger partial charge is 0.221 e. The molecule has 0 fully saturated rings. The van der Waals surface area contributed by atoms with Crippen LogP contribution in [0.2, 0.25) is 0 Å². The number of nitrogens with two attached hydrogens (primary N) is 2. The molecule has 0 saturated carbocycles. The molecule has 7 nitrogen and oxygen atoms in total. The van der Waals surface area contributed by atoms with Gasteiger partial charge in [-0.2, -0.15) is 0 Å². The number of aliphatic hydroxyl groups is 2. The largest absolute Gasteiger partial charge is 0.422 e. The van der Waals surface area contributed by atoms with Gasteiger partial charge in [0.05, 0.1) is 17.0 Å². The van der Waals surface area contributed by atoms with Crippen LogP contribution in [0.1, 0.15) is 64.6 Å². The van der Waals surface area contributed by atoms with Gasteiger partial charge >= 0.3 is 0 Å². The number of anilines is 2. The molecule has 0 radical (unpaired) electrons. The summed E-state index contributed by atoms with van der Waals surface area (Å²) in [5, 5.41) is 21.6. The average Bonchev–Trinajstić information content (AvgIpc) is 2.97. The lowest BCUT2D eigenvalue weighted by atomic mass is 9.90. The van der Waals surface area contributed by atoms with Crippen LogP contribution in [-0.2, 0) is 18.2 Å². The predicted molar refractivity (Wildman–Crippen MR) is 108 cm³/mol. The minimum Gasteiger partial charge on any atom is -0.422 e. The molecule has 6 N–H and O–H groups in total. The number of aromatic nitrogens is 2. The van der Waals surface area contributed by atoms with Gasteiger partial charge in [0.25, 0.3) is 0 Å². The maximum Gasteiger partial charge on any atom is 0.221 e. The third-order valence-electron chi connectivity index (χ3n) is 5.63. The van der Waals surface area contributed by atoms with Crippen molar-refractivity contribution in [1.82, 2.24) is 9.55 Å². The highest BCUT2D eigenvalue weighted by Gasteiger charge is 2.32. The fraction of sp³-hybridized carbons (Fsp3) is 0.550. The van der Waals surface area contributed by atoms with E-state index in [9.17, 15) is 10.2 Å². The van der Waals surface area contributed by atoms with Crippen molar-refractivity contribution < 1.29 is 14.9 Å². The Balaban J connectivity index is 2.44. The summed E-state index contributed by atoms with van der Waals surface area (Å²) in [6, 6.07) is 5.07. The van der Waals surface area contributed by atoms with Gasteiger partial charge in [-0.15, -0.1) is 0 Å². The molecule has 0 aliphatic heterocycles. The summed E-state index contributed by atoms with van der Waals surface area (Å²) >= 11 is 0. The Morgan fingerprint density at radius 2 is 1.56 bits per heavy atom. The first-order valence-corrected chi connectivity index (χ1v) is 9.51. The van der Waals surface area contributed by atoms with Gasteiger partial charge in [0, 0.05) is 24.7 Å². The Morgan fingerprint density at radius 3 is 2.07 bits per heavy atom. The molecule has 150 valence electrons. The van der Waals surface area contributed by atoms with E-state index in [1.54, 1.807) is 29.8 Å². The minimum absolute atomic E-state index is 0.309. The van der Waals surface area contributed by atoms with Crippen molar-refractivity contribution in [3.8, 4) is 11.8 Å². The minimum atomic E-state index is -1.10. The fourth-order valence-corrected chi connectivity index (χ4v) is 3.27. The Bertz CT molecular complexity index is 793. The highest BCUT2D eigenvalue weighted by atomic mass is 16.5. The second-order valence-corrected chi connectivity index (χ2v) is 7.01. The lowest BCUT2D eigenvalue weighted by Crippen LogP contribution is -2.26. The van der Waals surface area contributed by atoms with Crippen LogP contribution >= 0.6 is 0 Å². The van der Waals surface area contributed by atoms with Crippen LogP contribution in [0.3, 0.4) is 0 Å². The van der Waals surface area contributed by atoms with Gasteiger partial charge in [-0.3, -0.25) is 0 Å². The van der Waals surface area contributed by atoms with Gasteiger partial charge in [-0.05, 0) is 31.7 Å². The van der Waals surface area contributed by atoms with Crippen LogP contribution in [0.25, 0.3) is 0 Å². The summed E-state index contributed by atoms with van der Waals surface area (Å²) in [5.74, 6) is 1.22. The molecule has 0 bridgehead atoms. The van der Waals surface area contributed by atoms with Crippen molar-refractivity contribution in [2.45, 2.75) is 64.6 Å². The molecule has 2 aromatic heterocycles. The van der Waals surface area contributed by atoms with Crippen LogP contribution < -0.4 is 16.2 Å². The first kappa shape index (κ1) is 21.1. The fourth-order valence-electron chi connectivity index (χ4n) is 3.27. The maximum absolute atomic E-state index is 10.8. The molecule has 0 aliphatic rings. The summed E-state index contributed by atoms with van der Waals surface area (Å²) in [6.45, 7) is 7.61. The first-order chi connectivity index (χ1) is 12.7. The Labute approximate surface area is 161 Å². The zero-order valence-electron chi connectivity index (χ0n) is 16.9. The van der Waals surface area contributed by atoms with E-state index in [1.807, 2.05) is 27.7 Å². The van der Waals surface area contributed by atoms with E-state index in [4.69, 9.17) is 16.2 Å². The van der Waals surface area contributed by atoms with Gasteiger partial charge < -0.3 is 31.0 Å². The highest BCUT2D eigenvalue weighted by Crippen LogP contribution is 2.39. The third kappa shape index (κ3) is 3.75. The quantitative estimate of drug-likeness (QED) is 0.560. The second-order valence-electron chi connectivity index (χ2n) is 7.01. The van der Waals surface area contributed by atoms with E-state index < -0.39 is 11.2 Å². The van der Waals surface area contributed by atoms with Crippen LogP contribution in [-0.4, -0.2) is 19.8 Å². The summed E-state index contributed by atoms with van der Waals surface area (Å²) in [5.41, 5.74) is 11.6. The number of nitrogens with zero attached hydrogens (tertiary/aromatic N) is 2. The molecule has 2 aromatic rings. The zero-order chi connectivity index (χ0) is 20.4. The SMILES string of the molecule is CCC(O)(CC)c1cc(Oc2ccc(N)c(C(O)(CC)CC)n2)n(C)c1N. The van der Waals surface area contributed by atoms with Crippen molar-refractivity contribution in [3.05, 3.63) is 29.5 Å². The monoisotopic (exact) mass is 376 g/mol. The molecule has 0 saturated heterocycles. The molecule has 27 heavy (non-hydrogen) atoms. The number of ether oxygens (including phenoxy) is 1. The van der Waals surface area contributed by atoms with Crippen molar-refractivity contribution in [2.75, 3.05) is 11.5 Å². The Morgan fingerprint density at radius 1 is 1.00 bits per heavy atom. The van der Waals surface area contributed by atoms with Crippen LogP contribution in [0.4, 0.5) is 11.5 Å². The standard InChI is InChI=1S/C20H32N4O3/c1-6-19(25,7-2)13-12-16(24(5)18(13)22)27-15-11-10-14(21)17(23-15)20(26,8-3)9-4/h10-12,25-26H,6-9,21-22H2,1-5H3. The summed E-state index contributed by atoms with van der Waals surface area (Å²) in [6.07, 6.45) is 2.07. The van der Waals surface area contributed by atoms with Crippen LogP contribution in [0, 0.1) is 0 Å². The van der Waals surface area contributed by atoms with E-state index >= 15 is 0 Å². The number of pyridine rings is 1. The molecule has 0 spiro atoms. The van der Waals surface area contributed by atoms with E-state index in [-0.39, 0.29) is 0 Å². The molecule has 0 unspecified atom stereocenters. The molecular weight excluding hydrogens is 344 g/mol. The van der Waals surface area contributed by atoms with Crippen molar-refractivity contribution in [2.24, 2.45) is 7.05 Å². The third-order valence-corrected chi connectivity index (χ3v) is 5.63. The number of hydrogen-bond donors (Lipinski definition) is 4. The predicted octanol–water partition coefficient (Wildman–Crippen LogP) is 3.39. The van der Waals surface area contributed by atoms with E-state index in [1.165, 1.54) is 0 Å². The number of nitrogen functional groups attached to an aromatic ring is 2. The lowest BCUT2D eigenvalue weighted by molar-refractivity contribution is 0.0244. The van der Waals surface area contributed by atoms with Crippen molar-refractivity contribution >= 4 is 11.5 Å². The molecule has 0 atom stereocenters. The van der Waals surface area contributed by atoms with Crippen molar-refractivity contribution in [1.29, 1.82) is 0 Å². The van der Waals surface area contributed by atoms with Crippen molar-refractivity contribution in [3.63, 3.8) is 0 Å². The Kier molecular flexibility index (Phi) is 6.07. The van der Waals surface area contributed by atoms with Gasteiger partial charge in [0.2, 0.25) is 11.8 Å². The number of hydrogen-bond acceptors (Lipinski definition) is 6. The van der Waals surface area contributed by atoms with E-state index in [2.05, 4.69) is 4.98 Å². The average molecular weight is 377 g/mol. The van der Waals surface area contributed by atoms with Crippen LogP contribution in [0.15, 0.2) is 18.2 Å². The zero-order valence-corrected chi connectivity index (χ0v) is 16.9.